The van der Waals surface area contributed by atoms with Crippen LogP contribution in [0.25, 0.3) is 0 Å². The van der Waals surface area contributed by atoms with Gasteiger partial charge in [0, 0.05) is 3.57 Å². The van der Waals surface area contributed by atoms with Crippen molar-refractivity contribution in [1.82, 2.24) is 0 Å². The van der Waals surface area contributed by atoms with Crippen LogP contribution in [-0.2, 0) is 0 Å². The molecule has 0 nitrogen and oxygen atoms in total. The largest absolute Gasteiger partial charge is 0.113 e. The van der Waals surface area contributed by atoms with Gasteiger partial charge in [0.2, 0.25) is 0 Å². The minimum Gasteiger partial charge on any atom is -0.113 e. The summed E-state index contributed by atoms with van der Waals surface area (Å²) >= 11 is 9.32. The summed E-state index contributed by atoms with van der Waals surface area (Å²) in [6.45, 7) is 13.1. The summed E-state index contributed by atoms with van der Waals surface area (Å²) in [6.07, 6.45) is 0. The predicted molar refractivity (Wildman–Crippen MR) is 102 cm³/mol. The van der Waals surface area contributed by atoms with Crippen molar-refractivity contribution in [3.8, 4) is 0 Å². The SMILES string of the molecule is Cc1cccc(C(Cl)c2c(C)c(C)c(C)c(C)c2C)c1I. The summed E-state index contributed by atoms with van der Waals surface area (Å²) in [6, 6.07) is 6.39. The van der Waals surface area contributed by atoms with Gasteiger partial charge in [-0.1, -0.05) is 18.2 Å². The number of benzene rings is 2. The maximum absolute atomic E-state index is 6.91. The van der Waals surface area contributed by atoms with Crippen molar-refractivity contribution in [1.29, 1.82) is 0 Å². The Morgan fingerprint density at radius 2 is 1.29 bits per heavy atom. The Bertz CT molecular complexity index is 672. The quantitative estimate of drug-likeness (QED) is 0.392. The van der Waals surface area contributed by atoms with Gasteiger partial charge in [0.15, 0.2) is 0 Å². The van der Waals surface area contributed by atoms with Gasteiger partial charge in [0.1, 0.15) is 0 Å². The van der Waals surface area contributed by atoms with Crippen molar-refractivity contribution in [3.05, 3.63) is 66.3 Å². The van der Waals surface area contributed by atoms with Crippen molar-refractivity contribution in [2.24, 2.45) is 0 Å². The van der Waals surface area contributed by atoms with Crippen molar-refractivity contribution >= 4 is 34.2 Å². The standard InChI is InChI=1S/C19H22ClI/c1-10-8-7-9-16(19(10)21)18(20)17-14(5)12(3)11(2)13(4)15(17)6/h7-9,18H,1-6H3. The van der Waals surface area contributed by atoms with Gasteiger partial charge in [0.25, 0.3) is 0 Å². The van der Waals surface area contributed by atoms with Gasteiger partial charge in [-0.2, -0.15) is 0 Å². The summed E-state index contributed by atoms with van der Waals surface area (Å²) in [4.78, 5) is 0. The first-order chi connectivity index (χ1) is 9.77. The first-order valence-electron chi connectivity index (χ1n) is 7.23. The van der Waals surface area contributed by atoms with Crippen LogP contribution in [0, 0.1) is 45.1 Å². The van der Waals surface area contributed by atoms with Crippen LogP contribution in [0.4, 0.5) is 0 Å². The molecule has 0 spiro atoms. The lowest BCUT2D eigenvalue weighted by atomic mass is 9.86. The fraction of sp³-hybridized carbons (Fsp3) is 0.368. The topological polar surface area (TPSA) is 0 Å². The zero-order valence-electron chi connectivity index (χ0n) is 13.6. The van der Waals surface area contributed by atoms with E-state index in [1.54, 1.807) is 0 Å². The molecule has 112 valence electrons. The number of rotatable bonds is 2. The third kappa shape index (κ3) is 2.87. The van der Waals surface area contributed by atoms with Gasteiger partial charge in [-0.05, 0) is 109 Å². The predicted octanol–water partition coefficient (Wildman–Crippen LogP) is 6.47. The van der Waals surface area contributed by atoms with E-state index in [-0.39, 0.29) is 5.38 Å². The number of hydrogen-bond donors (Lipinski definition) is 0. The van der Waals surface area contributed by atoms with Gasteiger partial charge in [-0.25, -0.2) is 0 Å². The molecule has 0 fully saturated rings. The van der Waals surface area contributed by atoms with Gasteiger partial charge in [0.05, 0.1) is 5.38 Å². The van der Waals surface area contributed by atoms with Crippen molar-refractivity contribution < 1.29 is 0 Å². The first kappa shape index (κ1) is 16.8. The monoisotopic (exact) mass is 412 g/mol. The van der Waals surface area contributed by atoms with E-state index < -0.39 is 0 Å². The second-order valence-corrected chi connectivity index (χ2v) is 7.39. The fourth-order valence-electron chi connectivity index (χ4n) is 2.93. The summed E-state index contributed by atoms with van der Waals surface area (Å²) in [5, 5.41) is -0.0881. The summed E-state index contributed by atoms with van der Waals surface area (Å²) in [5.41, 5.74) is 10.5. The molecule has 1 unspecified atom stereocenters. The molecule has 0 aliphatic heterocycles. The highest BCUT2D eigenvalue weighted by atomic mass is 127. The molecule has 0 heterocycles. The van der Waals surface area contributed by atoms with E-state index in [4.69, 9.17) is 11.6 Å². The zero-order valence-corrected chi connectivity index (χ0v) is 16.5. The third-order valence-electron chi connectivity index (χ3n) is 4.81. The fourth-order valence-corrected chi connectivity index (χ4v) is 4.29. The molecule has 0 saturated heterocycles. The van der Waals surface area contributed by atoms with Gasteiger partial charge in [-0.3, -0.25) is 0 Å². The Hall–Kier alpha value is -0.540. The lowest BCUT2D eigenvalue weighted by Crippen LogP contribution is -2.07. The van der Waals surface area contributed by atoms with E-state index in [1.807, 2.05) is 0 Å². The van der Waals surface area contributed by atoms with E-state index in [2.05, 4.69) is 82.3 Å². The number of aryl methyl sites for hydroxylation is 1. The van der Waals surface area contributed by atoms with Crippen LogP contribution in [0.3, 0.4) is 0 Å². The van der Waals surface area contributed by atoms with Gasteiger partial charge in [-0.15, -0.1) is 11.6 Å². The lowest BCUT2D eigenvalue weighted by molar-refractivity contribution is 1.03. The minimum absolute atomic E-state index is 0.0881. The van der Waals surface area contributed by atoms with Crippen LogP contribution >= 0.6 is 34.2 Å². The van der Waals surface area contributed by atoms with Crippen molar-refractivity contribution in [3.63, 3.8) is 0 Å². The van der Waals surface area contributed by atoms with E-state index in [0.29, 0.717) is 0 Å². The zero-order chi connectivity index (χ0) is 15.9. The highest BCUT2D eigenvalue weighted by Gasteiger charge is 2.22. The molecule has 0 aliphatic rings. The molecular formula is C19H22ClI. The van der Waals surface area contributed by atoms with E-state index in [0.717, 1.165) is 0 Å². The summed E-state index contributed by atoms with van der Waals surface area (Å²) in [5.74, 6) is 0. The van der Waals surface area contributed by atoms with Crippen LogP contribution in [-0.4, -0.2) is 0 Å². The number of hydrogen-bond acceptors (Lipinski definition) is 0. The average molecular weight is 413 g/mol. The van der Waals surface area contributed by atoms with E-state index in [9.17, 15) is 0 Å². The molecule has 0 amide bonds. The normalized spacial score (nSPS) is 12.6. The smallest absolute Gasteiger partial charge is 0.0851 e. The number of alkyl halides is 1. The van der Waals surface area contributed by atoms with Gasteiger partial charge < -0.3 is 0 Å². The number of halogens is 2. The molecule has 2 heteroatoms. The van der Waals surface area contributed by atoms with Crippen LogP contribution in [0.2, 0.25) is 0 Å². The average Bonchev–Trinajstić information content (AvgIpc) is 2.46. The highest BCUT2D eigenvalue weighted by molar-refractivity contribution is 14.1. The van der Waals surface area contributed by atoms with E-state index >= 15 is 0 Å². The Kier molecular flexibility index (Phi) is 5.04. The minimum atomic E-state index is -0.0881. The highest BCUT2D eigenvalue weighted by Crippen LogP contribution is 2.39. The maximum atomic E-state index is 6.91. The molecule has 2 aromatic carbocycles. The molecule has 1 atom stereocenters. The first-order valence-corrected chi connectivity index (χ1v) is 8.74. The molecular weight excluding hydrogens is 391 g/mol. The van der Waals surface area contributed by atoms with Crippen LogP contribution in [0.1, 0.15) is 49.9 Å². The molecule has 0 aliphatic carbocycles. The molecule has 0 bridgehead atoms. The Labute approximate surface area is 147 Å². The van der Waals surface area contributed by atoms with Gasteiger partial charge >= 0.3 is 0 Å². The molecule has 21 heavy (non-hydrogen) atoms. The Balaban J connectivity index is 2.70. The lowest BCUT2D eigenvalue weighted by Gasteiger charge is -2.23. The van der Waals surface area contributed by atoms with Crippen molar-refractivity contribution in [2.45, 2.75) is 46.9 Å². The van der Waals surface area contributed by atoms with Crippen LogP contribution in [0.15, 0.2) is 18.2 Å². The summed E-state index contributed by atoms with van der Waals surface area (Å²) in [7, 11) is 0. The van der Waals surface area contributed by atoms with Crippen molar-refractivity contribution in [2.75, 3.05) is 0 Å². The van der Waals surface area contributed by atoms with Crippen LogP contribution < -0.4 is 0 Å². The molecule has 0 saturated carbocycles. The second-order valence-electron chi connectivity index (χ2n) is 5.88. The molecule has 2 aromatic rings. The second kappa shape index (κ2) is 6.29. The maximum Gasteiger partial charge on any atom is 0.0851 e. The molecule has 0 radical (unpaired) electrons. The molecule has 0 N–H and O–H groups in total. The summed E-state index contributed by atoms with van der Waals surface area (Å²) < 4.78 is 1.27. The molecule has 2 rings (SSSR count). The van der Waals surface area contributed by atoms with Crippen LogP contribution in [0.5, 0.6) is 0 Å². The van der Waals surface area contributed by atoms with E-state index in [1.165, 1.54) is 48.1 Å². The Morgan fingerprint density at radius 1 is 0.810 bits per heavy atom. The third-order valence-corrected chi connectivity index (χ3v) is 6.73. The molecule has 0 aromatic heterocycles. The Morgan fingerprint density at radius 3 is 1.81 bits per heavy atom.